The third kappa shape index (κ3) is 6.67. The average molecular weight is 375 g/mol. The van der Waals surface area contributed by atoms with Gasteiger partial charge in [0.05, 0.1) is 19.6 Å². The van der Waals surface area contributed by atoms with Gasteiger partial charge in [-0.15, -0.1) is 0 Å². The molecule has 7 nitrogen and oxygen atoms in total. The Labute approximate surface area is 160 Å². The van der Waals surface area contributed by atoms with Gasteiger partial charge in [0.25, 0.3) is 0 Å². The van der Waals surface area contributed by atoms with Crippen molar-refractivity contribution in [3.63, 3.8) is 0 Å². The van der Waals surface area contributed by atoms with Crippen LogP contribution in [0.4, 0.5) is 0 Å². The molecule has 1 fully saturated rings. The lowest BCUT2D eigenvalue weighted by molar-refractivity contribution is -0.149. The van der Waals surface area contributed by atoms with E-state index >= 15 is 0 Å². The molecule has 1 aromatic carbocycles. The third-order valence-electron chi connectivity index (χ3n) is 4.59. The Hall–Kier alpha value is -2.41. The number of hydrogen-bond acceptors (Lipinski definition) is 5. The number of unbranched alkanes of at least 4 members (excludes halogenated alkanes) is 1. The maximum atomic E-state index is 12.6. The lowest BCUT2D eigenvalue weighted by Crippen LogP contribution is -2.58. The van der Waals surface area contributed by atoms with Crippen LogP contribution in [0.1, 0.15) is 31.7 Å². The maximum absolute atomic E-state index is 12.6. The van der Waals surface area contributed by atoms with Crippen LogP contribution in [-0.4, -0.2) is 66.9 Å². The number of hydrogen-bond donors (Lipinski definition) is 1. The van der Waals surface area contributed by atoms with Gasteiger partial charge in [0.2, 0.25) is 11.8 Å². The monoisotopic (exact) mass is 375 g/mol. The standard InChI is InChI=1S/C20H29N3O4/c1-3-4-12-27-19(25)13-17-20(26)21-10-11-23(17)15-18(24)22(2)14-16-8-6-5-7-9-16/h5-9,17H,3-4,10-15H2,1-2H3,(H,21,26). The highest BCUT2D eigenvalue weighted by Crippen LogP contribution is 2.11. The van der Waals surface area contributed by atoms with Crippen molar-refractivity contribution >= 4 is 17.8 Å². The first kappa shape index (κ1) is 20.9. The van der Waals surface area contributed by atoms with Gasteiger partial charge in [-0.25, -0.2) is 0 Å². The quantitative estimate of drug-likeness (QED) is 0.518. The smallest absolute Gasteiger partial charge is 0.307 e. The van der Waals surface area contributed by atoms with Crippen molar-refractivity contribution in [2.24, 2.45) is 0 Å². The minimum atomic E-state index is -0.665. The molecule has 0 aliphatic carbocycles. The molecule has 1 saturated heterocycles. The van der Waals surface area contributed by atoms with Gasteiger partial charge in [-0.2, -0.15) is 0 Å². The summed E-state index contributed by atoms with van der Waals surface area (Å²) in [4.78, 5) is 40.2. The molecule has 1 aliphatic rings. The van der Waals surface area contributed by atoms with Crippen molar-refractivity contribution in [3.05, 3.63) is 35.9 Å². The minimum Gasteiger partial charge on any atom is -0.466 e. The highest BCUT2D eigenvalue weighted by molar-refractivity contribution is 5.88. The van der Waals surface area contributed by atoms with Gasteiger partial charge in [-0.05, 0) is 12.0 Å². The molecule has 148 valence electrons. The Morgan fingerprint density at radius 3 is 2.74 bits per heavy atom. The number of rotatable bonds is 9. The Morgan fingerprint density at radius 1 is 1.30 bits per heavy atom. The SMILES string of the molecule is CCCCOC(=O)CC1C(=O)NCCN1CC(=O)N(C)Cc1ccccc1. The first-order chi connectivity index (χ1) is 13.0. The van der Waals surface area contributed by atoms with E-state index in [0.29, 0.717) is 26.2 Å². The Morgan fingerprint density at radius 2 is 2.04 bits per heavy atom. The molecule has 27 heavy (non-hydrogen) atoms. The summed E-state index contributed by atoms with van der Waals surface area (Å²) in [6.07, 6.45) is 1.70. The van der Waals surface area contributed by atoms with Crippen molar-refractivity contribution < 1.29 is 19.1 Å². The van der Waals surface area contributed by atoms with Crippen LogP contribution >= 0.6 is 0 Å². The lowest BCUT2D eigenvalue weighted by atomic mass is 10.1. The zero-order valence-electron chi connectivity index (χ0n) is 16.1. The summed E-state index contributed by atoms with van der Waals surface area (Å²) < 4.78 is 5.17. The van der Waals surface area contributed by atoms with Crippen LogP contribution in [0.25, 0.3) is 0 Å². The number of ether oxygens (including phenoxy) is 1. The fraction of sp³-hybridized carbons (Fsp3) is 0.550. The van der Waals surface area contributed by atoms with E-state index in [9.17, 15) is 14.4 Å². The second-order valence-electron chi connectivity index (χ2n) is 6.79. The summed E-state index contributed by atoms with van der Waals surface area (Å²) in [6.45, 7) is 3.98. The topological polar surface area (TPSA) is 79.0 Å². The summed E-state index contributed by atoms with van der Waals surface area (Å²) in [6, 6.07) is 9.07. The third-order valence-corrected chi connectivity index (χ3v) is 4.59. The number of amides is 2. The van der Waals surface area contributed by atoms with Crippen LogP contribution in [0.2, 0.25) is 0 Å². The van der Waals surface area contributed by atoms with E-state index in [-0.39, 0.29) is 24.8 Å². The second-order valence-corrected chi connectivity index (χ2v) is 6.79. The summed E-state index contributed by atoms with van der Waals surface area (Å²) >= 11 is 0. The first-order valence-electron chi connectivity index (χ1n) is 9.46. The Kier molecular flexibility index (Phi) is 8.26. The second kappa shape index (κ2) is 10.7. The van der Waals surface area contributed by atoms with Gasteiger partial charge in [-0.3, -0.25) is 19.3 Å². The largest absolute Gasteiger partial charge is 0.466 e. The number of nitrogens with zero attached hydrogens (tertiary/aromatic N) is 2. The fourth-order valence-electron chi connectivity index (χ4n) is 2.96. The molecule has 0 saturated carbocycles. The summed E-state index contributed by atoms with van der Waals surface area (Å²) in [5, 5.41) is 2.76. The molecule has 1 heterocycles. The van der Waals surface area contributed by atoms with E-state index in [4.69, 9.17) is 4.74 Å². The number of nitrogens with one attached hydrogen (secondary N) is 1. The molecule has 0 aromatic heterocycles. The Balaban J connectivity index is 1.91. The molecule has 0 radical (unpaired) electrons. The summed E-state index contributed by atoms with van der Waals surface area (Å²) in [7, 11) is 1.74. The van der Waals surface area contributed by atoms with Crippen LogP contribution in [-0.2, 0) is 25.7 Å². The van der Waals surface area contributed by atoms with Crippen LogP contribution in [0.15, 0.2) is 30.3 Å². The van der Waals surface area contributed by atoms with Crippen LogP contribution in [0.5, 0.6) is 0 Å². The van der Waals surface area contributed by atoms with E-state index in [1.54, 1.807) is 16.8 Å². The van der Waals surface area contributed by atoms with Crippen LogP contribution < -0.4 is 5.32 Å². The van der Waals surface area contributed by atoms with E-state index in [2.05, 4.69) is 5.32 Å². The van der Waals surface area contributed by atoms with E-state index in [0.717, 1.165) is 18.4 Å². The van der Waals surface area contributed by atoms with Crippen LogP contribution in [0, 0.1) is 0 Å². The zero-order valence-corrected chi connectivity index (χ0v) is 16.1. The Bertz CT molecular complexity index is 635. The van der Waals surface area contributed by atoms with Crippen molar-refractivity contribution in [2.75, 3.05) is 33.3 Å². The van der Waals surface area contributed by atoms with Gasteiger partial charge in [0, 0.05) is 26.7 Å². The number of piperazine rings is 1. The number of likely N-dealkylation sites (N-methyl/N-ethyl adjacent to an activating group) is 1. The number of benzene rings is 1. The van der Waals surface area contributed by atoms with E-state index in [1.165, 1.54) is 0 Å². The molecule has 0 spiro atoms. The molecule has 2 rings (SSSR count). The normalized spacial score (nSPS) is 17.3. The molecular weight excluding hydrogens is 346 g/mol. The molecule has 1 aliphatic heterocycles. The van der Waals surface area contributed by atoms with Crippen molar-refractivity contribution in [1.82, 2.24) is 15.1 Å². The van der Waals surface area contributed by atoms with Gasteiger partial charge in [-0.1, -0.05) is 43.7 Å². The van der Waals surface area contributed by atoms with E-state index < -0.39 is 12.0 Å². The average Bonchev–Trinajstić information content (AvgIpc) is 2.65. The van der Waals surface area contributed by atoms with Gasteiger partial charge in [0.1, 0.15) is 6.04 Å². The fourth-order valence-corrected chi connectivity index (χ4v) is 2.96. The van der Waals surface area contributed by atoms with E-state index in [1.807, 2.05) is 37.3 Å². The van der Waals surface area contributed by atoms with Gasteiger partial charge in [0.15, 0.2) is 0 Å². The van der Waals surface area contributed by atoms with Gasteiger partial charge < -0.3 is 15.0 Å². The number of carbonyl (C=O) groups excluding carboxylic acids is 3. The number of esters is 1. The zero-order chi connectivity index (χ0) is 19.6. The highest BCUT2D eigenvalue weighted by atomic mass is 16.5. The summed E-state index contributed by atoms with van der Waals surface area (Å²) in [5.41, 5.74) is 1.04. The predicted molar refractivity (Wildman–Crippen MR) is 102 cm³/mol. The van der Waals surface area contributed by atoms with Crippen molar-refractivity contribution in [2.45, 2.75) is 38.8 Å². The van der Waals surface area contributed by atoms with Crippen molar-refractivity contribution in [3.8, 4) is 0 Å². The summed E-state index contributed by atoms with van der Waals surface area (Å²) in [5.74, 6) is -0.717. The molecule has 0 bridgehead atoms. The molecule has 1 N–H and O–H groups in total. The first-order valence-corrected chi connectivity index (χ1v) is 9.46. The molecule has 1 aromatic rings. The van der Waals surface area contributed by atoms with Crippen molar-refractivity contribution in [1.29, 1.82) is 0 Å². The molecule has 7 heteroatoms. The lowest BCUT2D eigenvalue weighted by Gasteiger charge is -2.34. The van der Waals surface area contributed by atoms with Crippen LogP contribution in [0.3, 0.4) is 0 Å². The van der Waals surface area contributed by atoms with Gasteiger partial charge >= 0.3 is 5.97 Å². The minimum absolute atomic E-state index is 0.0365. The maximum Gasteiger partial charge on any atom is 0.307 e. The predicted octanol–water partition coefficient (Wildman–Crippen LogP) is 1.18. The molecule has 1 atom stereocenters. The molecule has 1 unspecified atom stereocenters. The number of carbonyl (C=O) groups is 3. The molecule has 2 amide bonds. The highest BCUT2D eigenvalue weighted by Gasteiger charge is 2.33. The molecular formula is C20H29N3O4.